The first-order chi connectivity index (χ1) is 8.58. The van der Waals surface area contributed by atoms with Gasteiger partial charge in [-0.1, -0.05) is 15.9 Å². The smallest absolute Gasteiger partial charge is 0.387 e. The molecule has 0 N–H and O–H groups in total. The number of ketones is 1. The average molecular weight is 323 g/mol. The van der Waals surface area contributed by atoms with Crippen molar-refractivity contribution < 1.29 is 23.0 Å². The molecule has 0 amide bonds. The first-order valence-corrected chi connectivity index (χ1v) is 6.51. The van der Waals surface area contributed by atoms with Gasteiger partial charge in [-0.3, -0.25) is 4.79 Å². The van der Waals surface area contributed by atoms with Gasteiger partial charge in [-0.15, -0.1) is 0 Å². The maximum absolute atomic E-state index is 12.3. The molecule has 0 bridgehead atoms. The van der Waals surface area contributed by atoms with E-state index in [4.69, 9.17) is 4.74 Å². The number of hydrogen-bond acceptors (Lipinski definition) is 3. The molecule has 0 aliphatic carbocycles. The third-order valence-corrected chi connectivity index (χ3v) is 2.50. The molecule has 0 saturated heterocycles. The average Bonchev–Trinajstić information content (AvgIpc) is 2.29. The number of carbonyl (C=O) groups excluding carboxylic acids is 1. The summed E-state index contributed by atoms with van der Waals surface area (Å²) in [4.78, 5) is 11.7. The van der Waals surface area contributed by atoms with Crippen molar-refractivity contribution in [2.45, 2.75) is 20.0 Å². The van der Waals surface area contributed by atoms with Crippen molar-refractivity contribution in [3.63, 3.8) is 0 Å². The molecule has 1 rings (SSSR count). The van der Waals surface area contributed by atoms with Crippen LogP contribution >= 0.6 is 15.9 Å². The van der Waals surface area contributed by atoms with E-state index in [1.165, 1.54) is 12.1 Å². The van der Waals surface area contributed by atoms with Crippen molar-refractivity contribution in [3.8, 4) is 11.5 Å². The predicted molar refractivity (Wildman–Crippen MR) is 67.0 cm³/mol. The molecule has 0 aromatic heterocycles. The van der Waals surface area contributed by atoms with E-state index in [2.05, 4.69) is 20.7 Å². The maximum atomic E-state index is 12.3. The molecular formula is C12H13BrF2O3. The number of carbonyl (C=O) groups is 1. The minimum Gasteiger partial charge on any atom is -0.494 e. The summed E-state index contributed by atoms with van der Waals surface area (Å²) in [6.45, 7) is -0.794. The van der Waals surface area contributed by atoms with Crippen molar-refractivity contribution in [2.24, 2.45) is 0 Å². The van der Waals surface area contributed by atoms with Crippen LogP contribution in [0.5, 0.6) is 11.5 Å². The second-order valence-corrected chi connectivity index (χ2v) is 4.12. The summed E-state index contributed by atoms with van der Waals surface area (Å²) >= 11 is 3.13. The molecule has 6 heteroatoms. The number of benzene rings is 1. The van der Waals surface area contributed by atoms with E-state index in [0.717, 1.165) is 0 Å². The van der Waals surface area contributed by atoms with Gasteiger partial charge in [0.15, 0.2) is 5.78 Å². The third kappa shape index (κ3) is 4.25. The van der Waals surface area contributed by atoms with Gasteiger partial charge in [0.2, 0.25) is 0 Å². The Morgan fingerprint density at radius 3 is 2.72 bits per heavy atom. The minimum absolute atomic E-state index is 0.137. The SMILES string of the molecule is CCOc1ccc(C(=O)CCBr)c(OC(F)F)c1. The predicted octanol–water partition coefficient (Wildman–Crippen LogP) is 3.65. The van der Waals surface area contributed by atoms with Crippen LogP contribution in [0.2, 0.25) is 0 Å². The third-order valence-electron chi connectivity index (χ3n) is 2.10. The molecule has 3 nitrogen and oxygen atoms in total. The van der Waals surface area contributed by atoms with E-state index in [-0.39, 0.29) is 23.5 Å². The van der Waals surface area contributed by atoms with Gasteiger partial charge in [0.25, 0.3) is 0 Å². The van der Waals surface area contributed by atoms with Gasteiger partial charge in [0, 0.05) is 17.8 Å². The fourth-order valence-corrected chi connectivity index (χ4v) is 1.76. The van der Waals surface area contributed by atoms with Crippen LogP contribution in [0.25, 0.3) is 0 Å². The first kappa shape index (κ1) is 14.9. The summed E-state index contributed by atoms with van der Waals surface area (Å²) in [6.07, 6.45) is 0.216. The Morgan fingerprint density at radius 1 is 1.44 bits per heavy atom. The lowest BCUT2D eigenvalue weighted by molar-refractivity contribution is -0.0502. The molecule has 0 saturated carbocycles. The van der Waals surface area contributed by atoms with Crippen LogP contribution < -0.4 is 9.47 Å². The van der Waals surface area contributed by atoms with Crippen LogP contribution in [0, 0.1) is 0 Å². The van der Waals surface area contributed by atoms with Gasteiger partial charge >= 0.3 is 6.61 Å². The standard InChI is InChI=1S/C12H13BrF2O3/c1-2-17-8-3-4-9(10(16)5-6-13)11(7-8)18-12(14)15/h3-4,7,12H,2,5-6H2,1H3. The fraction of sp³-hybridized carbons (Fsp3) is 0.417. The van der Waals surface area contributed by atoms with E-state index in [1.54, 1.807) is 13.0 Å². The summed E-state index contributed by atoms with van der Waals surface area (Å²) in [7, 11) is 0. The van der Waals surface area contributed by atoms with Crippen molar-refractivity contribution in [3.05, 3.63) is 23.8 Å². The summed E-state index contributed by atoms with van der Waals surface area (Å²) in [5.74, 6) is -0.0176. The van der Waals surface area contributed by atoms with Gasteiger partial charge in [0.05, 0.1) is 12.2 Å². The lowest BCUT2D eigenvalue weighted by Gasteiger charge is -2.11. The number of alkyl halides is 3. The monoisotopic (exact) mass is 322 g/mol. The van der Waals surface area contributed by atoms with Crippen LogP contribution in [0.15, 0.2) is 18.2 Å². The quantitative estimate of drug-likeness (QED) is 0.567. The Balaban J connectivity index is 3.03. The summed E-state index contributed by atoms with van der Waals surface area (Å²) in [5, 5.41) is 0.465. The number of Topliss-reactive ketones (excluding diaryl/α,β-unsaturated/α-hetero) is 1. The highest BCUT2D eigenvalue weighted by molar-refractivity contribution is 9.09. The van der Waals surface area contributed by atoms with Gasteiger partial charge in [-0.25, -0.2) is 0 Å². The molecule has 100 valence electrons. The Kier molecular flexibility index (Phi) is 6.04. The molecule has 0 atom stereocenters. The zero-order valence-electron chi connectivity index (χ0n) is 9.79. The molecule has 0 aliphatic rings. The van der Waals surface area contributed by atoms with Crippen LogP contribution in [0.3, 0.4) is 0 Å². The summed E-state index contributed by atoms with van der Waals surface area (Å²) in [5.41, 5.74) is 0.137. The Morgan fingerprint density at radius 2 is 2.17 bits per heavy atom. The highest BCUT2D eigenvalue weighted by atomic mass is 79.9. The lowest BCUT2D eigenvalue weighted by atomic mass is 10.1. The van der Waals surface area contributed by atoms with Crippen LogP contribution in [-0.4, -0.2) is 24.3 Å². The molecule has 0 fully saturated rings. The fourth-order valence-electron chi connectivity index (χ4n) is 1.40. The number of ether oxygens (including phenoxy) is 2. The molecule has 1 aromatic rings. The number of rotatable bonds is 7. The molecule has 0 spiro atoms. The topological polar surface area (TPSA) is 35.5 Å². The van der Waals surface area contributed by atoms with Gasteiger partial charge in [-0.05, 0) is 19.1 Å². The second-order valence-electron chi connectivity index (χ2n) is 3.33. The molecule has 0 heterocycles. The second kappa shape index (κ2) is 7.31. The summed E-state index contributed by atoms with van der Waals surface area (Å²) in [6, 6.07) is 4.30. The van der Waals surface area contributed by atoms with Gasteiger partial charge < -0.3 is 9.47 Å². The van der Waals surface area contributed by atoms with E-state index in [1.807, 2.05) is 0 Å². The zero-order valence-corrected chi connectivity index (χ0v) is 11.4. The van der Waals surface area contributed by atoms with Crippen molar-refractivity contribution in [1.29, 1.82) is 0 Å². The van der Waals surface area contributed by atoms with E-state index in [0.29, 0.717) is 17.7 Å². The van der Waals surface area contributed by atoms with E-state index >= 15 is 0 Å². The number of halogens is 3. The van der Waals surface area contributed by atoms with Crippen molar-refractivity contribution in [1.82, 2.24) is 0 Å². The zero-order chi connectivity index (χ0) is 13.5. The minimum atomic E-state index is -2.97. The Labute approximate surface area is 112 Å². The number of hydrogen-bond donors (Lipinski definition) is 0. The van der Waals surface area contributed by atoms with Crippen LogP contribution in [0.1, 0.15) is 23.7 Å². The lowest BCUT2D eigenvalue weighted by Crippen LogP contribution is -2.09. The molecular weight excluding hydrogens is 310 g/mol. The molecule has 0 aliphatic heterocycles. The summed E-state index contributed by atoms with van der Waals surface area (Å²) < 4.78 is 34.1. The molecule has 0 unspecified atom stereocenters. The maximum Gasteiger partial charge on any atom is 0.387 e. The van der Waals surface area contributed by atoms with Gasteiger partial charge in [0.1, 0.15) is 11.5 Å². The van der Waals surface area contributed by atoms with Crippen LogP contribution in [0.4, 0.5) is 8.78 Å². The highest BCUT2D eigenvalue weighted by Gasteiger charge is 2.16. The molecule has 1 aromatic carbocycles. The Hall–Kier alpha value is -1.17. The van der Waals surface area contributed by atoms with Gasteiger partial charge in [-0.2, -0.15) is 8.78 Å². The van der Waals surface area contributed by atoms with Crippen LogP contribution in [-0.2, 0) is 0 Å². The molecule has 18 heavy (non-hydrogen) atoms. The van der Waals surface area contributed by atoms with E-state index < -0.39 is 6.61 Å². The van der Waals surface area contributed by atoms with Crippen molar-refractivity contribution >= 4 is 21.7 Å². The highest BCUT2D eigenvalue weighted by Crippen LogP contribution is 2.27. The normalized spacial score (nSPS) is 10.5. The van der Waals surface area contributed by atoms with E-state index in [9.17, 15) is 13.6 Å². The van der Waals surface area contributed by atoms with Crippen molar-refractivity contribution in [2.75, 3.05) is 11.9 Å². The largest absolute Gasteiger partial charge is 0.494 e. The Bertz CT molecular complexity index is 410. The molecule has 0 radical (unpaired) electrons. The first-order valence-electron chi connectivity index (χ1n) is 5.39.